The number of methoxy groups -OCH3 is 1. The van der Waals surface area contributed by atoms with Gasteiger partial charge < -0.3 is 10.1 Å². The van der Waals surface area contributed by atoms with Crippen molar-refractivity contribution in [3.8, 4) is 0 Å². The van der Waals surface area contributed by atoms with E-state index in [9.17, 15) is 8.42 Å². The van der Waals surface area contributed by atoms with Crippen LogP contribution in [0, 0.1) is 0 Å². The van der Waals surface area contributed by atoms with E-state index in [0.29, 0.717) is 24.9 Å². The Balaban J connectivity index is 2.02. The van der Waals surface area contributed by atoms with Crippen LogP contribution in [0.1, 0.15) is 25.3 Å². The number of nitrogens with one attached hydrogen (secondary N) is 2. The van der Waals surface area contributed by atoms with Crippen molar-refractivity contribution < 1.29 is 13.2 Å². The van der Waals surface area contributed by atoms with Gasteiger partial charge in [-0.1, -0.05) is 18.2 Å². The second kappa shape index (κ2) is 6.56. The molecule has 1 aromatic rings. The van der Waals surface area contributed by atoms with E-state index in [1.165, 1.54) is 0 Å². The minimum Gasteiger partial charge on any atom is -0.380 e. The maximum atomic E-state index is 12.3. The number of anilines is 1. The van der Waals surface area contributed by atoms with Gasteiger partial charge >= 0.3 is 0 Å². The van der Waals surface area contributed by atoms with Gasteiger partial charge in [0.2, 0.25) is 10.0 Å². The predicted octanol–water partition coefficient (Wildman–Crippen LogP) is 1.72. The quantitative estimate of drug-likeness (QED) is 0.767. The summed E-state index contributed by atoms with van der Waals surface area (Å²) in [6.07, 6.45) is 2.30. The van der Waals surface area contributed by atoms with E-state index in [1.807, 2.05) is 18.2 Å². The summed E-state index contributed by atoms with van der Waals surface area (Å²) < 4.78 is 32.3. The highest BCUT2D eigenvalue weighted by Gasteiger charge is 2.26. The molecule has 112 valence electrons. The van der Waals surface area contributed by atoms with Crippen molar-refractivity contribution in [2.45, 2.75) is 37.7 Å². The molecule has 1 fully saturated rings. The van der Waals surface area contributed by atoms with Crippen molar-refractivity contribution in [3.63, 3.8) is 0 Å². The lowest BCUT2D eigenvalue weighted by Gasteiger charge is -2.17. The van der Waals surface area contributed by atoms with Crippen LogP contribution in [0.4, 0.5) is 5.69 Å². The van der Waals surface area contributed by atoms with Crippen molar-refractivity contribution in [1.29, 1.82) is 0 Å². The summed E-state index contributed by atoms with van der Waals surface area (Å²) in [5.74, 6) is 0. The fourth-order valence-corrected chi connectivity index (χ4v) is 2.91. The van der Waals surface area contributed by atoms with Crippen LogP contribution in [-0.2, 0) is 21.4 Å². The lowest BCUT2D eigenvalue weighted by atomic mass is 10.2. The summed E-state index contributed by atoms with van der Waals surface area (Å²) in [4.78, 5) is 0. The molecule has 1 aromatic carbocycles. The molecule has 1 aliphatic carbocycles. The highest BCUT2D eigenvalue weighted by molar-refractivity contribution is 7.93. The van der Waals surface area contributed by atoms with Gasteiger partial charge in [0.1, 0.15) is 0 Å². The second-order valence-electron chi connectivity index (χ2n) is 5.23. The lowest BCUT2D eigenvalue weighted by Crippen LogP contribution is -2.35. The van der Waals surface area contributed by atoms with Crippen LogP contribution in [0.5, 0.6) is 0 Å². The van der Waals surface area contributed by atoms with Crippen molar-refractivity contribution in [1.82, 2.24) is 5.32 Å². The molecule has 1 aliphatic rings. The Morgan fingerprint density at radius 2 is 2.05 bits per heavy atom. The van der Waals surface area contributed by atoms with E-state index in [4.69, 9.17) is 4.74 Å². The Hall–Kier alpha value is -1.11. The number of hydrogen-bond acceptors (Lipinski definition) is 4. The molecule has 1 saturated carbocycles. The average Bonchev–Trinajstić information content (AvgIpc) is 3.22. The number of benzene rings is 1. The molecule has 0 spiro atoms. The van der Waals surface area contributed by atoms with Crippen LogP contribution in [0.3, 0.4) is 0 Å². The summed E-state index contributed by atoms with van der Waals surface area (Å²) >= 11 is 0. The molecule has 0 heterocycles. The monoisotopic (exact) mass is 298 g/mol. The molecule has 0 bridgehead atoms. The van der Waals surface area contributed by atoms with Gasteiger partial charge in [0, 0.05) is 25.3 Å². The first kappa shape index (κ1) is 15.3. The van der Waals surface area contributed by atoms with Crippen LogP contribution in [0.15, 0.2) is 24.3 Å². The maximum Gasteiger partial charge on any atom is 0.236 e. The van der Waals surface area contributed by atoms with E-state index < -0.39 is 15.3 Å². The van der Waals surface area contributed by atoms with E-state index in [-0.39, 0.29) is 0 Å². The number of sulfonamides is 1. The molecular weight excluding hydrogens is 276 g/mol. The van der Waals surface area contributed by atoms with Crippen LogP contribution in [-0.4, -0.2) is 33.4 Å². The minimum atomic E-state index is -3.39. The molecule has 5 nitrogen and oxygen atoms in total. The zero-order chi connectivity index (χ0) is 14.6. The number of para-hydroxylation sites is 1. The SMILES string of the molecule is COCc1ccccc1NS(=O)(=O)C(C)CNC1CC1. The molecule has 20 heavy (non-hydrogen) atoms. The number of ether oxygens (including phenoxy) is 1. The summed E-state index contributed by atoms with van der Waals surface area (Å²) in [6.45, 7) is 2.58. The van der Waals surface area contributed by atoms with Crippen molar-refractivity contribution in [3.05, 3.63) is 29.8 Å². The van der Waals surface area contributed by atoms with Crippen LogP contribution >= 0.6 is 0 Å². The van der Waals surface area contributed by atoms with Crippen LogP contribution < -0.4 is 10.0 Å². The van der Waals surface area contributed by atoms with Gasteiger partial charge in [-0.15, -0.1) is 0 Å². The van der Waals surface area contributed by atoms with Gasteiger partial charge in [-0.2, -0.15) is 0 Å². The predicted molar refractivity (Wildman–Crippen MR) is 80.2 cm³/mol. The van der Waals surface area contributed by atoms with E-state index in [1.54, 1.807) is 20.1 Å². The topological polar surface area (TPSA) is 67.4 Å². The third kappa shape index (κ3) is 4.19. The highest BCUT2D eigenvalue weighted by Crippen LogP contribution is 2.20. The highest BCUT2D eigenvalue weighted by atomic mass is 32.2. The number of hydrogen-bond donors (Lipinski definition) is 2. The Kier molecular flexibility index (Phi) is 5.01. The molecule has 0 saturated heterocycles. The van der Waals surface area contributed by atoms with Gasteiger partial charge in [-0.05, 0) is 25.8 Å². The summed E-state index contributed by atoms with van der Waals surface area (Å²) in [7, 11) is -1.80. The molecule has 0 aromatic heterocycles. The van der Waals surface area contributed by atoms with E-state index in [0.717, 1.165) is 18.4 Å². The molecule has 1 unspecified atom stereocenters. The molecular formula is C14H22N2O3S. The van der Waals surface area contributed by atoms with Crippen LogP contribution in [0.25, 0.3) is 0 Å². The smallest absolute Gasteiger partial charge is 0.236 e. The third-order valence-electron chi connectivity index (χ3n) is 3.37. The second-order valence-corrected chi connectivity index (χ2v) is 7.33. The third-order valence-corrected chi connectivity index (χ3v) is 5.10. The van der Waals surface area contributed by atoms with E-state index >= 15 is 0 Å². The van der Waals surface area contributed by atoms with Crippen molar-refractivity contribution in [2.75, 3.05) is 18.4 Å². The summed E-state index contributed by atoms with van der Waals surface area (Å²) in [5, 5.41) is 2.77. The zero-order valence-electron chi connectivity index (χ0n) is 11.9. The first-order valence-corrected chi connectivity index (χ1v) is 8.39. The molecule has 1 atom stereocenters. The number of rotatable bonds is 8. The maximum absolute atomic E-state index is 12.3. The van der Waals surface area contributed by atoms with Gasteiger partial charge in [0.25, 0.3) is 0 Å². The average molecular weight is 298 g/mol. The fourth-order valence-electron chi connectivity index (χ4n) is 1.88. The molecule has 2 rings (SSSR count). The standard InChI is InChI=1S/C14H22N2O3S/c1-11(9-15-13-7-8-13)20(17,18)16-14-6-4-3-5-12(14)10-19-2/h3-6,11,13,15-16H,7-10H2,1-2H3. The fraction of sp³-hybridized carbons (Fsp3) is 0.571. The zero-order valence-corrected chi connectivity index (χ0v) is 12.7. The van der Waals surface area contributed by atoms with Crippen molar-refractivity contribution in [2.24, 2.45) is 0 Å². The van der Waals surface area contributed by atoms with Gasteiger partial charge in [-0.3, -0.25) is 4.72 Å². The van der Waals surface area contributed by atoms with E-state index in [2.05, 4.69) is 10.0 Å². The Morgan fingerprint density at radius 1 is 1.35 bits per heavy atom. The normalized spacial score (nSPS) is 16.9. The van der Waals surface area contributed by atoms with Gasteiger partial charge in [-0.25, -0.2) is 8.42 Å². The molecule has 2 N–H and O–H groups in total. The Morgan fingerprint density at radius 3 is 2.70 bits per heavy atom. The molecule has 6 heteroatoms. The lowest BCUT2D eigenvalue weighted by molar-refractivity contribution is 0.185. The Bertz CT molecular complexity index is 541. The first-order valence-electron chi connectivity index (χ1n) is 6.85. The Labute approximate surface area is 120 Å². The summed E-state index contributed by atoms with van der Waals surface area (Å²) in [6, 6.07) is 7.80. The summed E-state index contributed by atoms with van der Waals surface area (Å²) in [5.41, 5.74) is 1.42. The minimum absolute atomic E-state index is 0.382. The van der Waals surface area contributed by atoms with Crippen LogP contribution in [0.2, 0.25) is 0 Å². The van der Waals surface area contributed by atoms with Crippen molar-refractivity contribution >= 4 is 15.7 Å². The largest absolute Gasteiger partial charge is 0.380 e. The molecule has 0 amide bonds. The van der Waals surface area contributed by atoms with Gasteiger partial charge in [0.15, 0.2) is 0 Å². The first-order chi connectivity index (χ1) is 9.53. The molecule has 0 radical (unpaired) electrons. The van der Waals surface area contributed by atoms with Gasteiger partial charge in [0.05, 0.1) is 17.5 Å². The molecule has 0 aliphatic heterocycles.